The second-order valence-electron chi connectivity index (χ2n) is 26.6. The van der Waals surface area contributed by atoms with Gasteiger partial charge in [-0.15, -0.1) is 0 Å². The minimum atomic E-state index is -5.01. The summed E-state index contributed by atoms with van der Waals surface area (Å²) in [6, 6.07) is 0. The Labute approximate surface area is 642 Å². The molecule has 106 heavy (non-hydrogen) atoms. The SMILES string of the molecule is CC/C=C\C/C=C\C/C=C\C/C=C\C/C=C\CCCCCC(=O)O[C@H](COC(=O)CCCCCCCCCCCCCCC)COP(=O)(O)OC[C@H](O)COP(=O)(O)OC[C@@H](COC(=O)CCC/C=C\C/C=C\C/C=C\C/C=C\CCCCC)OC(=O)CCC/C=C\C/C=C\C/C=C\C/C=C\CCCCC. The Morgan fingerprint density at radius 1 is 0.274 bits per heavy atom. The summed E-state index contributed by atoms with van der Waals surface area (Å²) < 4.78 is 68.5. The van der Waals surface area contributed by atoms with Crippen molar-refractivity contribution in [2.45, 2.75) is 329 Å². The van der Waals surface area contributed by atoms with Crippen molar-refractivity contribution in [2.24, 2.45) is 0 Å². The number of rotatable bonds is 75. The smallest absolute Gasteiger partial charge is 0.462 e. The molecule has 0 aliphatic rings. The summed E-state index contributed by atoms with van der Waals surface area (Å²) in [4.78, 5) is 73.0. The first-order valence-electron chi connectivity index (χ1n) is 40.7. The van der Waals surface area contributed by atoms with Crippen molar-refractivity contribution in [1.82, 2.24) is 0 Å². The molecule has 0 spiro atoms. The molecule has 0 aromatic heterocycles. The van der Waals surface area contributed by atoms with E-state index in [1.54, 1.807) is 0 Å². The molecular formula is C87H144O17P2. The quantitative estimate of drug-likeness (QED) is 0.0169. The summed E-state index contributed by atoms with van der Waals surface area (Å²) >= 11 is 0. The molecule has 0 radical (unpaired) electrons. The molecule has 0 aromatic carbocycles. The lowest BCUT2D eigenvalue weighted by Gasteiger charge is -2.21. The van der Waals surface area contributed by atoms with Gasteiger partial charge < -0.3 is 33.8 Å². The Kier molecular flexibility index (Phi) is 73.9. The first-order valence-corrected chi connectivity index (χ1v) is 43.7. The number of carbonyl (C=O) groups is 4. The summed E-state index contributed by atoms with van der Waals surface area (Å²) in [6.45, 7) is 4.54. The number of aliphatic hydroxyl groups is 1. The van der Waals surface area contributed by atoms with E-state index in [1.165, 1.54) is 89.9 Å². The molecule has 0 bridgehead atoms. The van der Waals surface area contributed by atoms with E-state index in [-0.39, 0.29) is 25.7 Å². The van der Waals surface area contributed by atoms with Crippen molar-refractivity contribution in [3.8, 4) is 0 Å². The van der Waals surface area contributed by atoms with Gasteiger partial charge in [-0.2, -0.15) is 0 Å². The molecule has 19 heteroatoms. The fraction of sp³-hybridized carbons (Fsp3) is 0.655. The highest BCUT2D eigenvalue weighted by atomic mass is 31.2. The van der Waals surface area contributed by atoms with Crippen molar-refractivity contribution in [1.29, 1.82) is 0 Å². The summed E-state index contributed by atoms with van der Waals surface area (Å²) in [7, 11) is -10.0. The van der Waals surface area contributed by atoms with Crippen LogP contribution < -0.4 is 0 Å². The monoisotopic (exact) mass is 1520 g/mol. The largest absolute Gasteiger partial charge is 0.472 e. The molecule has 0 saturated heterocycles. The number of carbonyl (C=O) groups excluding carboxylic acids is 4. The molecule has 2 unspecified atom stereocenters. The lowest BCUT2D eigenvalue weighted by molar-refractivity contribution is -0.161. The van der Waals surface area contributed by atoms with Crippen LogP contribution in [0.5, 0.6) is 0 Å². The van der Waals surface area contributed by atoms with Crippen LogP contribution in [0.2, 0.25) is 0 Å². The molecule has 0 saturated carbocycles. The topological polar surface area (TPSA) is 237 Å². The van der Waals surface area contributed by atoms with Gasteiger partial charge in [-0.05, 0) is 148 Å². The molecule has 0 heterocycles. The van der Waals surface area contributed by atoms with E-state index >= 15 is 0 Å². The van der Waals surface area contributed by atoms with Gasteiger partial charge in [-0.3, -0.25) is 37.3 Å². The van der Waals surface area contributed by atoms with Gasteiger partial charge in [-0.1, -0.05) is 295 Å². The van der Waals surface area contributed by atoms with Crippen LogP contribution in [0.4, 0.5) is 0 Å². The van der Waals surface area contributed by atoms with Crippen LogP contribution in [0.15, 0.2) is 158 Å². The number of aliphatic hydroxyl groups excluding tert-OH is 1. The van der Waals surface area contributed by atoms with Crippen LogP contribution in [0, 0.1) is 0 Å². The molecule has 0 rings (SSSR count). The van der Waals surface area contributed by atoms with E-state index < -0.39 is 97.5 Å². The summed E-state index contributed by atoms with van der Waals surface area (Å²) in [5.74, 6) is -2.35. The first-order chi connectivity index (χ1) is 51.7. The second kappa shape index (κ2) is 77.8. The summed E-state index contributed by atoms with van der Waals surface area (Å²) in [6.07, 6.45) is 90.9. The number of allylic oxidation sites excluding steroid dienone is 26. The van der Waals surface area contributed by atoms with Gasteiger partial charge in [0.15, 0.2) is 12.2 Å². The van der Waals surface area contributed by atoms with Crippen molar-refractivity contribution < 1.29 is 80.2 Å². The highest BCUT2D eigenvalue weighted by Crippen LogP contribution is 2.45. The van der Waals surface area contributed by atoms with Gasteiger partial charge in [0.05, 0.1) is 26.4 Å². The lowest BCUT2D eigenvalue weighted by Crippen LogP contribution is -2.30. The maximum atomic E-state index is 13.1. The van der Waals surface area contributed by atoms with E-state index in [0.717, 1.165) is 128 Å². The van der Waals surface area contributed by atoms with E-state index in [9.17, 15) is 43.2 Å². The Balaban J connectivity index is 5.51. The third-order valence-electron chi connectivity index (χ3n) is 16.5. The predicted molar refractivity (Wildman–Crippen MR) is 436 cm³/mol. The molecule has 0 aliphatic carbocycles. The number of phosphoric acid groups is 2. The standard InChI is InChI=1S/C87H144O17P2/c1-5-9-13-17-21-25-29-33-36-39-40-43-46-50-54-58-62-66-70-74-87(92)103-82(77-97-84(89)71-67-63-59-55-51-47-32-28-24-20-16-12-8-4)79-101-105(93,94)99-75-81(88)76-100-106(95,96)102-80-83(104-86(91)73-69-65-61-57-53-49-45-42-38-35-31-27-23-19-15-11-7-3)78-98-85(90)72-68-64-60-56-52-48-44-41-37-34-30-26-22-18-14-10-6-2/h9,13,21-23,25-27,33-38,40,43-45,48-50,54,56-57,60-61,81-83,88H,5-8,10-12,14-20,24,28-32,39,41-42,46-47,51-53,55,58-59,62-80H2,1-4H3,(H,93,94)(H,95,96)/b13-9-,25-21-,26-22-,27-23-,36-33-,37-34-,38-35-,43-40-,48-44-,49-45-,54-50-,60-56-,61-57-/t81-,82+,83+/m0/s1. The number of ether oxygens (including phenoxy) is 4. The van der Waals surface area contributed by atoms with E-state index in [0.29, 0.717) is 38.5 Å². The zero-order valence-corrected chi connectivity index (χ0v) is 67.8. The van der Waals surface area contributed by atoms with Crippen LogP contribution in [-0.2, 0) is 65.4 Å². The summed E-state index contributed by atoms with van der Waals surface area (Å²) in [5.41, 5.74) is 0. The fourth-order valence-corrected chi connectivity index (χ4v) is 11.9. The number of hydrogen-bond donors (Lipinski definition) is 3. The maximum Gasteiger partial charge on any atom is 0.472 e. The maximum absolute atomic E-state index is 13.1. The number of esters is 4. The van der Waals surface area contributed by atoms with Gasteiger partial charge in [0.1, 0.15) is 19.3 Å². The molecule has 0 fully saturated rings. The highest BCUT2D eigenvalue weighted by Gasteiger charge is 2.30. The van der Waals surface area contributed by atoms with Crippen LogP contribution in [0.1, 0.15) is 310 Å². The lowest BCUT2D eigenvalue weighted by atomic mass is 10.0. The van der Waals surface area contributed by atoms with Crippen LogP contribution in [-0.4, -0.2) is 96.7 Å². The predicted octanol–water partition coefficient (Wildman–Crippen LogP) is 24.0. The van der Waals surface area contributed by atoms with Crippen LogP contribution >= 0.6 is 15.6 Å². The van der Waals surface area contributed by atoms with Crippen molar-refractivity contribution in [3.63, 3.8) is 0 Å². The number of phosphoric ester groups is 2. The fourth-order valence-electron chi connectivity index (χ4n) is 10.3. The Morgan fingerprint density at radius 3 is 0.821 bits per heavy atom. The molecule has 3 N–H and O–H groups in total. The molecule has 17 nitrogen and oxygen atoms in total. The van der Waals surface area contributed by atoms with E-state index in [1.807, 2.05) is 24.3 Å². The molecule has 0 aromatic rings. The van der Waals surface area contributed by atoms with Gasteiger partial charge in [0.25, 0.3) is 0 Å². The van der Waals surface area contributed by atoms with Crippen LogP contribution in [0.25, 0.3) is 0 Å². The number of hydrogen-bond acceptors (Lipinski definition) is 15. The van der Waals surface area contributed by atoms with Crippen molar-refractivity contribution in [3.05, 3.63) is 158 Å². The van der Waals surface area contributed by atoms with E-state index in [2.05, 4.69) is 161 Å². The minimum absolute atomic E-state index is 0.00217. The molecule has 604 valence electrons. The van der Waals surface area contributed by atoms with Gasteiger partial charge in [-0.25, -0.2) is 9.13 Å². The third kappa shape index (κ3) is 76.9. The van der Waals surface area contributed by atoms with Crippen molar-refractivity contribution in [2.75, 3.05) is 39.6 Å². The Bertz CT molecular complexity index is 2630. The molecular weight excluding hydrogens is 1380 g/mol. The van der Waals surface area contributed by atoms with Crippen molar-refractivity contribution >= 4 is 39.5 Å². The average molecular weight is 1520 g/mol. The third-order valence-corrected chi connectivity index (χ3v) is 18.4. The van der Waals surface area contributed by atoms with Crippen LogP contribution in [0.3, 0.4) is 0 Å². The Morgan fingerprint density at radius 2 is 0.500 bits per heavy atom. The zero-order chi connectivity index (χ0) is 77.4. The molecule has 0 aliphatic heterocycles. The van der Waals surface area contributed by atoms with Gasteiger partial charge >= 0.3 is 39.5 Å². The Hall–Kier alpha value is -5.32. The minimum Gasteiger partial charge on any atom is -0.462 e. The second-order valence-corrected chi connectivity index (χ2v) is 29.5. The average Bonchev–Trinajstić information content (AvgIpc) is 0.901. The zero-order valence-electron chi connectivity index (χ0n) is 66.1. The number of unbranched alkanes of at least 4 members (excludes halogenated alkanes) is 23. The summed E-state index contributed by atoms with van der Waals surface area (Å²) in [5, 5.41) is 10.6. The molecule has 5 atom stereocenters. The normalized spacial score (nSPS) is 14.7. The van der Waals surface area contributed by atoms with Gasteiger partial charge in [0.2, 0.25) is 0 Å². The molecule has 0 amide bonds. The highest BCUT2D eigenvalue weighted by molar-refractivity contribution is 7.47. The van der Waals surface area contributed by atoms with E-state index in [4.69, 9.17) is 37.0 Å². The van der Waals surface area contributed by atoms with Gasteiger partial charge in [0, 0.05) is 25.7 Å². The first kappa shape index (κ1) is 101.